The van der Waals surface area contributed by atoms with Crippen LogP contribution in [-0.2, 0) is 4.79 Å². The second-order valence-electron chi connectivity index (χ2n) is 6.74. The van der Waals surface area contributed by atoms with Gasteiger partial charge in [0, 0.05) is 11.5 Å². The highest BCUT2D eigenvalue weighted by Crippen LogP contribution is 2.47. The normalized spacial score (nSPS) is 33.0. The molecule has 2 saturated carbocycles. The molecule has 5 heteroatoms. The second kappa shape index (κ2) is 6.97. The number of hydrogen-bond donors (Lipinski definition) is 2. The van der Waals surface area contributed by atoms with E-state index < -0.39 is 11.5 Å². The van der Waals surface area contributed by atoms with Crippen LogP contribution in [0.15, 0.2) is 0 Å². The monoisotopic (exact) mass is 307 g/mol. The molecule has 22 heavy (non-hydrogen) atoms. The number of hydrogen-bond acceptors (Lipinski definition) is 4. The van der Waals surface area contributed by atoms with Gasteiger partial charge in [-0.15, -0.1) is 0 Å². The topological polar surface area (TPSA) is 90.4 Å². The Hall–Kier alpha value is -1.12. The lowest BCUT2D eigenvalue weighted by Gasteiger charge is -2.39. The quantitative estimate of drug-likeness (QED) is 0.832. The minimum absolute atomic E-state index is 0.0287. The van der Waals surface area contributed by atoms with Gasteiger partial charge in [0.25, 0.3) is 0 Å². The Bertz CT molecular complexity index is 440. The van der Waals surface area contributed by atoms with Gasteiger partial charge in [-0.25, -0.2) is 0 Å². The van der Waals surface area contributed by atoms with Crippen LogP contribution in [0.1, 0.15) is 58.8 Å². The highest BCUT2D eigenvalue weighted by molar-refractivity contribution is 5.84. The van der Waals surface area contributed by atoms with E-state index in [2.05, 4.69) is 6.07 Å². The van der Waals surface area contributed by atoms with Gasteiger partial charge in [0.15, 0.2) is 0 Å². The zero-order valence-electron chi connectivity index (χ0n) is 13.8. The fourth-order valence-corrected chi connectivity index (χ4v) is 4.14. The second-order valence-corrected chi connectivity index (χ2v) is 6.74. The minimum Gasteiger partial charge on any atom is -0.396 e. The number of likely N-dealkylation sites (tertiary alicyclic amines) is 1. The maximum absolute atomic E-state index is 12.8. The van der Waals surface area contributed by atoms with Crippen LogP contribution >= 0.6 is 0 Å². The van der Waals surface area contributed by atoms with Crippen molar-refractivity contribution < 1.29 is 9.90 Å². The van der Waals surface area contributed by atoms with Crippen molar-refractivity contribution in [2.45, 2.75) is 76.9 Å². The van der Waals surface area contributed by atoms with E-state index >= 15 is 0 Å². The molecule has 5 nitrogen and oxygen atoms in total. The zero-order chi connectivity index (χ0) is 16.3. The third kappa shape index (κ3) is 2.87. The largest absolute Gasteiger partial charge is 0.396 e. The average molecular weight is 307 g/mol. The number of nitrogens with two attached hydrogens (primary N) is 1. The van der Waals surface area contributed by atoms with E-state index in [0.29, 0.717) is 5.92 Å². The Morgan fingerprint density at radius 2 is 2.05 bits per heavy atom. The molecule has 0 bridgehead atoms. The highest BCUT2D eigenvalue weighted by atomic mass is 16.3. The van der Waals surface area contributed by atoms with E-state index in [4.69, 9.17) is 5.73 Å². The van der Waals surface area contributed by atoms with Crippen LogP contribution in [0, 0.1) is 22.7 Å². The van der Waals surface area contributed by atoms with Gasteiger partial charge in [0.2, 0.25) is 5.91 Å². The van der Waals surface area contributed by atoms with Crippen LogP contribution in [0.4, 0.5) is 0 Å². The number of amides is 1. The molecular formula is C17H29N3O2. The molecule has 3 N–H and O–H groups in total. The summed E-state index contributed by atoms with van der Waals surface area (Å²) in [6.07, 6.45) is 6.51. The van der Waals surface area contributed by atoms with Gasteiger partial charge in [-0.05, 0) is 38.0 Å². The summed E-state index contributed by atoms with van der Waals surface area (Å²) in [7, 11) is 0. The summed E-state index contributed by atoms with van der Waals surface area (Å²) in [4.78, 5) is 14.5. The smallest absolute Gasteiger partial charge is 0.241 e. The summed E-state index contributed by atoms with van der Waals surface area (Å²) < 4.78 is 0. The molecule has 0 aromatic carbocycles. The van der Waals surface area contributed by atoms with E-state index in [0.717, 1.165) is 44.9 Å². The van der Waals surface area contributed by atoms with Crippen molar-refractivity contribution >= 4 is 5.91 Å². The fourth-order valence-electron chi connectivity index (χ4n) is 4.14. The Labute approximate surface area is 133 Å². The molecule has 1 heterocycles. The summed E-state index contributed by atoms with van der Waals surface area (Å²) in [6.45, 7) is 3.97. The first-order valence-corrected chi connectivity index (χ1v) is 8.71. The van der Waals surface area contributed by atoms with Gasteiger partial charge < -0.3 is 15.7 Å². The van der Waals surface area contributed by atoms with Gasteiger partial charge in [0.05, 0.1) is 18.7 Å². The van der Waals surface area contributed by atoms with Crippen LogP contribution in [0.2, 0.25) is 0 Å². The van der Waals surface area contributed by atoms with E-state index in [-0.39, 0.29) is 24.6 Å². The van der Waals surface area contributed by atoms with Crippen LogP contribution < -0.4 is 5.73 Å². The van der Waals surface area contributed by atoms with E-state index in [1.54, 1.807) is 4.90 Å². The molecule has 4 unspecified atom stereocenters. The number of nitrogens with zero attached hydrogens (tertiary/aromatic N) is 2. The molecule has 2 aliphatic carbocycles. The number of aliphatic hydroxyl groups excluding tert-OH is 1. The molecule has 0 spiro atoms. The number of carbonyl (C=O) groups is 1. The number of rotatable bonds is 3. The molecule has 124 valence electrons. The lowest BCUT2D eigenvalue weighted by Crippen LogP contribution is -2.57. The Balaban J connectivity index is 0.000000847. The number of nitriles is 1. The minimum atomic E-state index is -0.662. The molecule has 0 radical (unpaired) electrons. The fraction of sp³-hybridized carbons (Fsp3) is 0.882. The van der Waals surface area contributed by atoms with Gasteiger partial charge >= 0.3 is 0 Å². The van der Waals surface area contributed by atoms with Gasteiger partial charge in [-0.1, -0.05) is 26.7 Å². The predicted molar refractivity (Wildman–Crippen MR) is 84.7 cm³/mol. The van der Waals surface area contributed by atoms with Crippen LogP contribution in [0.3, 0.4) is 0 Å². The van der Waals surface area contributed by atoms with Crippen molar-refractivity contribution in [1.82, 2.24) is 4.90 Å². The van der Waals surface area contributed by atoms with Crippen molar-refractivity contribution in [1.29, 1.82) is 5.26 Å². The molecule has 0 aromatic heterocycles. The summed E-state index contributed by atoms with van der Waals surface area (Å²) in [6, 6.07) is 1.49. The van der Waals surface area contributed by atoms with Gasteiger partial charge in [-0.2, -0.15) is 5.26 Å². The van der Waals surface area contributed by atoms with Crippen LogP contribution in [0.5, 0.6) is 0 Å². The van der Waals surface area contributed by atoms with Crippen LogP contribution in [0.25, 0.3) is 0 Å². The number of carbonyl (C=O) groups excluding carboxylic acids is 1. The third-order valence-electron chi connectivity index (χ3n) is 5.63. The van der Waals surface area contributed by atoms with Crippen molar-refractivity contribution in [2.24, 2.45) is 17.1 Å². The molecule has 4 atom stereocenters. The zero-order valence-corrected chi connectivity index (χ0v) is 13.8. The lowest BCUT2D eigenvalue weighted by molar-refractivity contribution is -0.140. The number of piperidine rings is 1. The first-order chi connectivity index (χ1) is 10.6. The van der Waals surface area contributed by atoms with Crippen molar-refractivity contribution in [2.75, 3.05) is 6.61 Å². The first-order valence-electron chi connectivity index (χ1n) is 8.71. The standard InChI is InChI=1S/C15H23N3O2.C2H6/c16-8-11-4-3-10-7-12(10)18(11)14(20)13(17)15(9-19)5-1-2-6-15;1-2/h10-13,19H,1-7,9,17H2;1-2H3. The molecule has 3 aliphatic rings. The average Bonchev–Trinajstić information content (AvgIpc) is 3.20. The number of aliphatic hydroxyl groups is 1. The van der Waals surface area contributed by atoms with E-state index in [1.165, 1.54) is 0 Å². The highest BCUT2D eigenvalue weighted by Gasteiger charge is 2.53. The summed E-state index contributed by atoms with van der Waals surface area (Å²) in [5.41, 5.74) is 5.78. The van der Waals surface area contributed by atoms with E-state index in [1.807, 2.05) is 13.8 Å². The Morgan fingerprint density at radius 3 is 2.59 bits per heavy atom. The maximum atomic E-state index is 12.8. The van der Waals surface area contributed by atoms with Crippen molar-refractivity contribution in [3.8, 4) is 6.07 Å². The maximum Gasteiger partial charge on any atom is 0.241 e. The summed E-state index contributed by atoms with van der Waals surface area (Å²) in [5.74, 6) is 0.462. The van der Waals surface area contributed by atoms with E-state index in [9.17, 15) is 15.2 Å². The molecule has 3 fully saturated rings. The Morgan fingerprint density at radius 1 is 1.41 bits per heavy atom. The molecule has 3 rings (SSSR count). The molecule has 0 aromatic rings. The van der Waals surface area contributed by atoms with Gasteiger partial charge in [0.1, 0.15) is 6.04 Å². The third-order valence-corrected chi connectivity index (χ3v) is 5.63. The van der Waals surface area contributed by atoms with Gasteiger partial charge in [-0.3, -0.25) is 4.79 Å². The molecule has 1 amide bonds. The van der Waals surface area contributed by atoms with Crippen molar-refractivity contribution in [3.63, 3.8) is 0 Å². The van der Waals surface area contributed by atoms with Crippen LogP contribution in [-0.4, -0.2) is 40.6 Å². The molecule has 1 saturated heterocycles. The van der Waals surface area contributed by atoms with Crippen molar-refractivity contribution in [3.05, 3.63) is 0 Å². The summed E-state index contributed by atoms with van der Waals surface area (Å²) in [5, 5.41) is 19.0. The SMILES string of the molecule is CC.N#CC1CCC2CC2N1C(=O)C(N)C1(CO)CCCC1. The molecule has 1 aliphatic heterocycles. The first kappa shape index (κ1) is 17.2. The predicted octanol–water partition coefficient (Wildman–Crippen LogP) is 1.80. The summed E-state index contributed by atoms with van der Waals surface area (Å²) >= 11 is 0. The number of fused-ring (bicyclic) bond motifs is 1. The Kier molecular flexibility index (Phi) is 5.46. The molecular weight excluding hydrogens is 278 g/mol. The lowest BCUT2D eigenvalue weighted by atomic mass is 9.78.